The van der Waals surface area contributed by atoms with Gasteiger partial charge in [0.1, 0.15) is 6.10 Å². The predicted octanol–water partition coefficient (Wildman–Crippen LogP) is 2.72. The average molecular weight is 541 g/mol. The van der Waals surface area contributed by atoms with Crippen molar-refractivity contribution in [2.45, 2.75) is 32.5 Å². The number of anilines is 1. The lowest BCUT2D eigenvalue weighted by Crippen LogP contribution is -2.47. The maximum atomic E-state index is 11.8. The molecule has 0 saturated carbocycles. The molecule has 1 saturated heterocycles. The van der Waals surface area contributed by atoms with Crippen molar-refractivity contribution in [3.8, 4) is 0 Å². The van der Waals surface area contributed by atoms with Crippen LogP contribution in [0, 0.1) is 0 Å². The summed E-state index contributed by atoms with van der Waals surface area (Å²) in [6.07, 6.45) is 3.82. The number of hydrogen-bond donors (Lipinski definition) is 3. The van der Waals surface area contributed by atoms with Crippen LogP contribution in [0.3, 0.4) is 0 Å². The highest BCUT2D eigenvalue weighted by Crippen LogP contribution is 2.21. The van der Waals surface area contributed by atoms with Gasteiger partial charge < -0.3 is 25.6 Å². The number of amides is 2. The van der Waals surface area contributed by atoms with Crippen molar-refractivity contribution in [1.82, 2.24) is 25.3 Å². The summed E-state index contributed by atoms with van der Waals surface area (Å²) in [7, 11) is 3.69. The maximum Gasteiger partial charge on any atom is 0.319 e. The third-order valence-corrected chi connectivity index (χ3v) is 4.76. The van der Waals surface area contributed by atoms with E-state index in [1.54, 1.807) is 11.7 Å². The SMILES string of the molecule is CN=C(NCc1ccc(NC(=O)NC(C)C)cc1)N1CCOC(c2cnn(C)c2)C1.I. The standard InChI is InChI=1S/C21H31N7O2.HI/c1-15(2)25-21(29)26-18-7-5-16(6-8-18)11-23-20(22-3)28-9-10-30-19(14-28)17-12-24-27(4)13-17;/h5-8,12-13,15,19H,9-11,14H2,1-4H3,(H,22,23)(H2,25,26,29);1H. The van der Waals surface area contributed by atoms with Crippen LogP contribution in [-0.2, 0) is 18.3 Å². The van der Waals surface area contributed by atoms with Crippen LogP contribution in [0.1, 0.15) is 31.1 Å². The third-order valence-electron chi connectivity index (χ3n) is 4.76. The molecule has 1 aliphatic rings. The summed E-state index contributed by atoms with van der Waals surface area (Å²) in [5.74, 6) is 0.839. The Labute approximate surface area is 200 Å². The number of halogens is 1. The lowest BCUT2D eigenvalue weighted by Gasteiger charge is -2.34. The van der Waals surface area contributed by atoms with Gasteiger partial charge in [-0.1, -0.05) is 12.1 Å². The fourth-order valence-corrected chi connectivity index (χ4v) is 3.30. The fourth-order valence-electron chi connectivity index (χ4n) is 3.30. The van der Waals surface area contributed by atoms with Crippen molar-refractivity contribution in [2.24, 2.45) is 12.0 Å². The van der Waals surface area contributed by atoms with Gasteiger partial charge in [0.2, 0.25) is 0 Å². The van der Waals surface area contributed by atoms with Gasteiger partial charge in [0, 0.05) is 50.7 Å². The van der Waals surface area contributed by atoms with Crippen LogP contribution in [-0.4, -0.2) is 59.5 Å². The smallest absolute Gasteiger partial charge is 0.319 e. The lowest BCUT2D eigenvalue weighted by molar-refractivity contribution is -0.00805. The quantitative estimate of drug-likeness (QED) is 0.308. The minimum atomic E-state index is -0.202. The van der Waals surface area contributed by atoms with Gasteiger partial charge in [0.25, 0.3) is 0 Å². The summed E-state index contributed by atoms with van der Waals surface area (Å²) in [5.41, 5.74) is 2.93. The Morgan fingerprint density at radius 1 is 1.32 bits per heavy atom. The maximum absolute atomic E-state index is 11.8. The Hall–Kier alpha value is -2.34. The Kier molecular flexibility index (Phi) is 9.56. The first-order valence-electron chi connectivity index (χ1n) is 10.2. The van der Waals surface area contributed by atoms with Gasteiger partial charge in [0.15, 0.2) is 5.96 Å². The average Bonchev–Trinajstić information content (AvgIpc) is 3.16. The second-order valence-corrected chi connectivity index (χ2v) is 7.60. The van der Waals surface area contributed by atoms with E-state index in [9.17, 15) is 4.79 Å². The topological polar surface area (TPSA) is 95.8 Å². The van der Waals surface area contributed by atoms with E-state index in [0.29, 0.717) is 13.2 Å². The van der Waals surface area contributed by atoms with E-state index in [4.69, 9.17) is 4.74 Å². The molecule has 1 fully saturated rings. The molecule has 1 atom stereocenters. The molecule has 0 radical (unpaired) electrons. The summed E-state index contributed by atoms with van der Waals surface area (Å²) in [6.45, 7) is 6.63. The number of carbonyl (C=O) groups excluding carboxylic acids is 1. The van der Waals surface area contributed by atoms with E-state index in [2.05, 4.69) is 30.9 Å². The van der Waals surface area contributed by atoms with Crippen LogP contribution in [0.5, 0.6) is 0 Å². The van der Waals surface area contributed by atoms with Crippen LogP contribution < -0.4 is 16.0 Å². The summed E-state index contributed by atoms with van der Waals surface area (Å²) in [6, 6.07) is 7.66. The number of aliphatic imine (C=N–C) groups is 1. The Morgan fingerprint density at radius 2 is 2.06 bits per heavy atom. The molecule has 0 spiro atoms. The molecule has 31 heavy (non-hydrogen) atoms. The van der Waals surface area contributed by atoms with E-state index >= 15 is 0 Å². The lowest BCUT2D eigenvalue weighted by atomic mass is 10.1. The molecule has 1 unspecified atom stereocenters. The molecule has 3 rings (SSSR count). The molecular formula is C21H32IN7O2. The molecule has 0 aliphatic carbocycles. The van der Waals surface area contributed by atoms with Gasteiger partial charge in [-0.15, -0.1) is 24.0 Å². The van der Waals surface area contributed by atoms with Crippen LogP contribution in [0.4, 0.5) is 10.5 Å². The number of rotatable bonds is 5. The number of urea groups is 1. The second kappa shape index (κ2) is 11.9. The number of hydrogen-bond acceptors (Lipinski definition) is 4. The monoisotopic (exact) mass is 541 g/mol. The molecular weight excluding hydrogens is 509 g/mol. The Morgan fingerprint density at radius 3 is 2.68 bits per heavy atom. The summed E-state index contributed by atoms with van der Waals surface area (Å²) < 4.78 is 7.70. The largest absolute Gasteiger partial charge is 0.370 e. The third kappa shape index (κ3) is 7.39. The number of benzene rings is 1. The van der Waals surface area contributed by atoms with Crippen molar-refractivity contribution in [3.05, 3.63) is 47.8 Å². The number of carbonyl (C=O) groups is 1. The first-order chi connectivity index (χ1) is 14.4. The number of nitrogens with zero attached hydrogens (tertiary/aromatic N) is 4. The van der Waals surface area contributed by atoms with E-state index in [-0.39, 0.29) is 42.2 Å². The molecule has 3 N–H and O–H groups in total. The van der Waals surface area contributed by atoms with Crippen molar-refractivity contribution >= 4 is 41.7 Å². The highest BCUT2D eigenvalue weighted by Gasteiger charge is 2.25. The zero-order chi connectivity index (χ0) is 21.5. The highest BCUT2D eigenvalue weighted by molar-refractivity contribution is 14.0. The number of aromatic nitrogens is 2. The molecule has 9 nitrogen and oxygen atoms in total. The minimum absolute atomic E-state index is 0. The molecule has 1 aliphatic heterocycles. The van der Waals surface area contributed by atoms with Gasteiger partial charge in [-0.05, 0) is 31.5 Å². The molecule has 1 aromatic carbocycles. The molecule has 2 amide bonds. The minimum Gasteiger partial charge on any atom is -0.370 e. The van der Waals surface area contributed by atoms with E-state index in [1.807, 2.05) is 57.6 Å². The fraction of sp³-hybridized carbons (Fsp3) is 0.476. The molecule has 1 aromatic heterocycles. The first kappa shape index (κ1) is 24.9. The first-order valence-corrected chi connectivity index (χ1v) is 10.2. The van der Waals surface area contributed by atoms with Crippen LogP contribution in [0.25, 0.3) is 0 Å². The Balaban J connectivity index is 0.00000341. The zero-order valence-corrected chi connectivity index (χ0v) is 20.8. The van der Waals surface area contributed by atoms with Crippen molar-refractivity contribution in [2.75, 3.05) is 32.1 Å². The second-order valence-electron chi connectivity index (χ2n) is 7.60. The van der Waals surface area contributed by atoms with Crippen molar-refractivity contribution in [3.63, 3.8) is 0 Å². The summed E-state index contributed by atoms with van der Waals surface area (Å²) in [5, 5.41) is 13.3. The summed E-state index contributed by atoms with van der Waals surface area (Å²) >= 11 is 0. The van der Waals surface area contributed by atoms with E-state index in [1.165, 1.54) is 0 Å². The Bertz CT molecular complexity index is 867. The number of aryl methyl sites for hydroxylation is 1. The van der Waals surface area contributed by atoms with E-state index in [0.717, 1.165) is 35.9 Å². The molecule has 170 valence electrons. The zero-order valence-electron chi connectivity index (χ0n) is 18.5. The molecule has 0 bridgehead atoms. The van der Waals surface area contributed by atoms with Gasteiger partial charge in [-0.3, -0.25) is 9.67 Å². The number of guanidine groups is 1. The summed E-state index contributed by atoms with van der Waals surface area (Å²) in [4.78, 5) is 18.4. The van der Waals surface area contributed by atoms with Crippen LogP contribution in [0.2, 0.25) is 0 Å². The number of ether oxygens (including phenoxy) is 1. The van der Waals surface area contributed by atoms with Gasteiger partial charge >= 0.3 is 6.03 Å². The number of nitrogens with one attached hydrogen (secondary N) is 3. The van der Waals surface area contributed by atoms with Gasteiger partial charge in [-0.2, -0.15) is 5.10 Å². The normalized spacial score (nSPS) is 16.6. The van der Waals surface area contributed by atoms with Gasteiger partial charge in [0.05, 0.1) is 19.3 Å². The van der Waals surface area contributed by atoms with Crippen LogP contribution in [0.15, 0.2) is 41.7 Å². The van der Waals surface area contributed by atoms with Gasteiger partial charge in [-0.25, -0.2) is 4.79 Å². The molecule has 2 aromatic rings. The molecule has 2 heterocycles. The highest BCUT2D eigenvalue weighted by atomic mass is 127. The van der Waals surface area contributed by atoms with Crippen molar-refractivity contribution in [1.29, 1.82) is 0 Å². The predicted molar refractivity (Wildman–Crippen MR) is 133 cm³/mol. The van der Waals surface area contributed by atoms with E-state index < -0.39 is 0 Å². The number of morpholine rings is 1. The van der Waals surface area contributed by atoms with Crippen molar-refractivity contribution < 1.29 is 9.53 Å². The molecule has 10 heteroatoms. The van der Waals surface area contributed by atoms with Crippen LogP contribution >= 0.6 is 24.0 Å².